The van der Waals surface area contributed by atoms with Crippen LogP contribution in [0.25, 0.3) is 0 Å². The second-order valence-corrected chi connectivity index (χ2v) is 4.72. The van der Waals surface area contributed by atoms with Crippen LogP contribution in [0.4, 0.5) is 0 Å². The molecule has 0 aliphatic rings. The van der Waals surface area contributed by atoms with E-state index < -0.39 is 0 Å². The number of benzene rings is 1. The molecule has 0 aliphatic heterocycles. The van der Waals surface area contributed by atoms with Gasteiger partial charge in [-0.15, -0.1) is 0 Å². The van der Waals surface area contributed by atoms with Gasteiger partial charge in [0.25, 0.3) is 0 Å². The lowest BCUT2D eigenvalue weighted by molar-refractivity contribution is -0.122. The zero-order valence-corrected chi connectivity index (χ0v) is 11.9. The molecule has 2 N–H and O–H groups in total. The fourth-order valence-electron chi connectivity index (χ4n) is 1.79. The van der Waals surface area contributed by atoms with Crippen LogP contribution in [-0.4, -0.2) is 30.3 Å². The van der Waals surface area contributed by atoms with Gasteiger partial charge in [0.15, 0.2) is 0 Å². The number of carbonyl (C=O) groups is 1. The van der Waals surface area contributed by atoms with Crippen molar-refractivity contribution in [2.24, 2.45) is 0 Å². The van der Waals surface area contributed by atoms with Crippen molar-refractivity contribution < 1.29 is 14.6 Å². The maximum atomic E-state index is 11.6. The summed E-state index contributed by atoms with van der Waals surface area (Å²) in [6.45, 7) is 6.26. The first-order chi connectivity index (χ1) is 9.06. The first-order valence-corrected chi connectivity index (χ1v) is 6.67. The fraction of sp³-hybridized carbons (Fsp3) is 0.533. The maximum Gasteiger partial charge on any atom is 0.223 e. The lowest BCUT2D eigenvalue weighted by Gasteiger charge is -2.14. The third-order valence-electron chi connectivity index (χ3n) is 3.00. The van der Waals surface area contributed by atoms with E-state index in [1.54, 1.807) is 0 Å². The minimum atomic E-state index is -0.159. The molecule has 0 heterocycles. The molecule has 1 amide bonds. The number of aliphatic hydroxyl groups is 1. The second-order valence-electron chi connectivity index (χ2n) is 4.72. The molecule has 1 aromatic rings. The monoisotopic (exact) mass is 265 g/mol. The minimum Gasteiger partial charge on any atom is -0.493 e. The van der Waals surface area contributed by atoms with Crippen LogP contribution >= 0.6 is 0 Å². The van der Waals surface area contributed by atoms with E-state index in [1.165, 1.54) is 5.56 Å². The van der Waals surface area contributed by atoms with E-state index in [0.29, 0.717) is 13.0 Å². The number of hydrogen-bond acceptors (Lipinski definition) is 3. The number of aryl methyl sites for hydroxylation is 2. The van der Waals surface area contributed by atoms with Gasteiger partial charge in [-0.1, -0.05) is 24.6 Å². The maximum absolute atomic E-state index is 11.6. The predicted molar refractivity (Wildman–Crippen MR) is 75.3 cm³/mol. The van der Waals surface area contributed by atoms with Crippen molar-refractivity contribution in [1.29, 1.82) is 0 Å². The van der Waals surface area contributed by atoms with Crippen molar-refractivity contribution >= 4 is 5.91 Å². The van der Waals surface area contributed by atoms with Crippen LogP contribution in [0.5, 0.6) is 5.75 Å². The summed E-state index contributed by atoms with van der Waals surface area (Å²) in [4.78, 5) is 11.6. The Labute approximate surface area is 114 Å². The highest BCUT2D eigenvalue weighted by Crippen LogP contribution is 2.18. The fourth-order valence-corrected chi connectivity index (χ4v) is 1.79. The number of hydrogen-bond donors (Lipinski definition) is 2. The van der Waals surface area contributed by atoms with Crippen LogP contribution < -0.4 is 10.1 Å². The summed E-state index contributed by atoms with van der Waals surface area (Å²) in [7, 11) is 0. The van der Waals surface area contributed by atoms with Gasteiger partial charge < -0.3 is 15.2 Å². The van der Waals surface area contributed by atoms with Gasteiger partial charge in [0, 0.05) is 0 Å². The van der Waals surface area contributed by atoms with E-state index in [9.17, 15) is 4.79 Å². The van der Waals surface area contributed by atoms with E-state index in [-0.39, 0.29) is 18.6 Å². The molecule has 4 nitrogen and oxygen atoms in total. The molecule has 0 radical (unpaired) electrons. The zero-order chi connectivity index (χ0) is 14.3. The van der Waals surface area contributed by atoms with Gasteiger partial charge in [0.2, 0.25) is 5.91 Å². The van der Waals surface area contributed by atoms with Crippen molar-refractivity contribution in [1.82, 2.24) is 5.32 Å². The molecule has 1 rings (SSSR count). The van der Waals surface area contributed by atoms with E-state index in [4.69, 9.17) is 9.84 Å². The van der Waals surface area contributed by atoms with Crippen LogP contribution in [0.15, 0.2) is 18.2 Å². The van der Waals surface area contributed by atoms with Crippen LogP contribution in [-0.2, 0) is 4.79 Å². The third kappa shape index (κ3) is 5.30. The van der Waals surface area contributed by atoms with Crippen molar-refractivity contribution in [3.63, 3.8) is 0 Å². The molecule has 1 atom stereocenters. The minimum absolute atomic E-state index is 0.0276. The zero-order valence-electron chi connectivity index (χ0n) is 11.9. The molecular formula is C15H23NO3. The average molecular weight is 265 g/mol. The first kappa shape index (κ1) is 15.5. The SMILES string of the molecule is CC[C@H](CO)NC(=O)CCOc1ccc(C)cc1C. The van der Waals surface area contributed by atoms with Gasteiger partial charge >= 0.3 is 0 Å². The Bertz CT molecular complexity index is 414. The molecule has 0 fully saturated rings. The molecule has 0 bridgehead atoms. The highest BCUT2D eigenvalue weighted by molar-refractivity contribution is 5.76. The van der Waals surface area contributed by atoms with Gasteiger partial charge in [-0.3, -0.25) is 4.79 Å². The summed E-state index contributed by atoms with van der Waals surface area (Å²) in [5.41, 5.74) is 2.26. The standard InChI is InChI=1S/C15H23NO3/c1-4-13(10-17)16-15(18)7-8-19-14-6-5-11(2)9-12(14)3/h5-6,9,13,17H,4,7-8,10H2,1-3H3,(H,16,18)/t13-/m1/s1. The lowest BCUT2D eigenvalue weighted by Crippen LogP contribution is -2.37. The Morgan fingerprint density at radius 2 is 2.16 bits per heavy atom. The summed E-state index contributed by atoms with van der Waals surface area (Å²) >= 11 is 0. The molecule has 106 valence electrons. The highest BCUT2D eigenvalue weighted by Gasteiger charge is 2.09. The van der Waals surface area contributed by atoms with Crippen LogP contribution in [0.2, 0.25) is 0 Å². The topological polar surface area (TPSA) is 58.6 Å². The number of carbonyl (C=O) groups excluding carboxylic acids is 1. The van der Waals surface area contributed by atoms with Gasteiger partial charge in [-0.25, -0.2) is 0 Å². The van der Waals surface area contributed by atoms with E-state index >= 15 is 0 Å². The number of amides is 1. The summed E-state index contributed by atoms with van der Waals surface area (Å²) in [6.07, 6.45) is 1.02. The number of rotatable bonds is 7. The molecule has 1 aromatic carbocycles. The quantitative estimate of drug-likeness (QED) is 0.792. The van der Waals surface area contributed by atoms with E-state index in [2.05, 4.69) is 5.32 Å². The number of ether oxygens (including phenoxy) is 1. The number of nitrogens with one attached hydrogen (secondary N) is 1. The normalized spacial score (nSPS) is 12.0. The Morgan fingerprint density at radius 3 is 2.74 bits per heavy atom. The Morgan fingerprint density at radius 1 is 1.42 bits per heavy atom. The van der Waals surface area contributed by atoms with Gasteiger partial charge in [-0.05, 0) is 31.9 Å². The Hall–Kier alpha value is -1.55. The van der Waals surface area contributed by atoms with Crippen LogP contribution in [0.3, 0.4) is 0 Å². The number of aliphatic hydroxyl groups excluding tert-OH is 1. The van der Waals surface area contributed by atoms with Crippen molar-refractivity contribution in [3.8, 4) is 5.75 Å². The van der Waals surface area contributed by atoms with Crippen molar-refractivity contribution in [2.45, 2.75) is 39.7 Å². The summed E-state index contributed by atoms with van der Waals surface area (Å²) in [6, 6.07) is 5.80. The Kier molecular flexibility index (Phi) is 6.36. The van der Waals surface area contributed by atoms with Crippen molar-refractivity contribution in [2.75, 3.05) is 13.2 Å². The summed E-state index contributed by atoms with van der Waals surface area (Å²) in [5, 5.41) is 11.8. The van der Waals surface area contributed by atoms with E-state index in [0.717, 1.165) is 17.7 Å². The van der Waals surface area contributed by atoms with Gasteiger partial charge in [-0.2, -0.15) is 0 Å². The molecular weight excluding hydrogens is 242 g/mol. The molecule has 0 saturated heterocycles. The van der Waals surface area contributed by atoms with Crippen LogP contribution in [0, 0.1) is 13.8 Å². The second kappa shape index (κ2) is 7.79. The smallest absolute Gasteiger partial charge is 0.223 e. The largest absolute Gasteiger partial charge is 0.493 e. The molecule has 0 spiro atoms. The molecule has 4 heteroatoms. The predicted octanol–water partition coefficient (Wildman–Crippen LogP) is 1.96. The Balaban J connectivity index is 2.35. The lowest BCUT2D eigenvalue weighted by atomic mass is 10.1. The molecule has 0 aromatic heterocycles. The third-order valence-corrected chi connectivity index (χ3v) is 3.00. The summed E-state index contributed by atoms with van der Waals surface area (Å²) in [5.74, 6) is 0.721. The summed E-state index contributed by atoms with van der Waals surface area (Å²) < 4.78 is 5.59. The molecule has 0 saturated carbocycles. The first-order valence-electron chi connectivity index (χ1n) is 6.67. The van der Waals surface area contributed by atoms with Crippen molar-refractivity contribution in [3.05, 3.63) is 29.3 Å². The van der Waals surface area contributed by atoms with E-state index in [1.807, 2.05) is 39.0 Å². The molecule has 19 heavy (non-hydrogen) atoms. The highest BCUT2D eigenvalue weighted by atomic mass is 16.5. The van der Waals surface area contributed by atoms with Gasteiger partial charge in [0.1, 0.15) is 5.75 Å². The molecule has 0 aliphatic carbocycles. The molecule has 0 unspecified atom stereocenters. The average Bonchev–Trinajstić information content (AvgIpc) is 2.38. The van der Waals surface area contributed by atoms with Crippen LogP contribution in [0.1, 0.15) is 30.9 Å². The van der Waals surface area contributed by atoms with Gasteiger partial charge in [0.05, 0.1) is 25.7 Å².